The van der Waals surface area contributed by atoms with E-state index >= 15 is 0 Å². The number of nitrogens with zero attached hydrogens (tertiary/aromatic N) is 3. The van der Waals surface area contributed by atoms with Gasteiger partial charge >= 0.3 is 0 Å². The maximum Gasteiger partial charge on any atom is 0.266 e. The third kappa shape index (κ3) is 4.21. The Hall–Kier alpha value is -3.02. The lowest BCUT2D eigenvalue weighted by Crippen LogP contribution is -2.37. The maximum atomic E-state index is 13.5. The van der Waals surface area contributed by atoms with Gasteiger partial charge in [0.05, 0.1) is 22.6 Å². The molecule has 0 bridgehead atoms. The first-order valence-electron chi connectivity index (χ1n) is 10.0. The minimum Gasteiger partial charge on any atom is -0.333 e. The van der Waals surface area contributed by atoms with Crippen LogP contribution in [0.1, 0.15) is 51.9 Å². The number of carbonyl (C=O) groups excluding carboxylic acids is 1. The lowest BCUT2D eigenvalue weighted by atomic mass is 10.1. The predicted octanol–water partition coefficient (Wildman–Crippen LogP) is 4.62. The molecule has 0 N–H and O–H groups in total. The minimum atomic E-state index is -0.406. The Balaban J connectivity index is 2.24. The molecule has 2 aromatic carbocycles. The van der Waals surface area contributed by atoms with Crippen LogP contribution in [-0.2, 0) is 4.79 Å². The van der Waals surface area contributed by atoms with Gasteiger partial charge in [0.1, 0.15) is 11.6 Å². The van der Waals surface area contributed by atoms with Crippen LogP contribution < -0.4 is 5.56 Å². The van der Waals surface area contributed by atoms with Crippen LogP contribution in [0.15, 0.2) is 53.3 Å². The molecule has 3 aromatic rings. The summed E-state index contributed by atoms with van der Waals surface area (Å²) in [6.07, 6.45) is 1.99. The fraction of sp³-hybridized carbons (Fsp3) is 0.348. The van der Waals surface area contributed by atoms with E-state index in [1.807, 2.05) is 26.8 Å². The summed E-state index contributed by atoms with van der Waals surface area (Å²) in [5, 5.41) is 0.481. The number of hydrogen-bond acceptors (Lipinski definition) is 3. The zero-order chi connectivity index (χ0) is 21.0. The zero-order valence-electron chi connectivity index (χ0n) is 17.1. The monoisotopic (exact) mass is 395 g/mol. The molecule has 0 saturated carbocycles. The molecule has 0 spiro atoms. The fourth-order valence-corrected chi connectivity index (χ4v) is 3.54. The lowest BCUT2D eigenvalue weighted by Gasteiger charge is -2.30. The molecule has 0 radical (unpaired) electrons. The van der Waals surface area contributed by atoms with Gasteiger partial charge in [-0.2, -0.15) is 0 Å². The first-order valence-corrected chi connectivity index (χ1v) is 10.0. The molecule has 29 heavy (non-hydrogen) atoms. The van der Waals surface area contributed by atoms with Gasteiger partial charge in [-0.25, -0.2) is 9.37 Å². The maximum absolute atomic E-state index is 13.5. The van der Waals surface area contributed by atoms with E-state index in [9.17, 15) is 14.0 Å². The van der Waals surface area contributed by atoms with Crippen LogP contribution in [0, 0.1) is 5.82 Å². The van der Waals surface area contributed by atoms with Crippen molar-refractivity contribution >= 4 is 16.8 Å². The molecular weight excluding hydrogens is 369 g/mol. The van der Waals surface area contributed by atoms with E-state index < -0.39 is 6.04 Å². The Morgan fingerprint density at radius 2 is 1.79 bits per heavy atom. The summed E-state index contributed by atoms with van der Waals surface area (Å²) in [4.78, 5) is 32.6. The SMILES string of the molecule is CCCC(=O)N(CCC)C(C)c1nc2ccccc2c(=O)n1-c1ccc(F)cc1. The Labute approximate surface area is 169 Å². The van der Waals surface area contributed by atoms with Gasteiger partial charge in [-0.3, -0.25) is 14.2 Å². The number of halogens is 1. The van der Waals surface area contributed by atoms with Crippen molar-refractivity contribution in [1.82, 2.24) is 14.5 Å². The van der Waals surface area contributed by atoms with E-state index in [2.05, 4.69) is 0 Å². The fourth-order valence-electron chi connectivity index (χ4n) is 3.54. The Morgan fingerprint density at radius 3 is 2.45 bits per heavy atom. The average molecular weight is 395 g/mol. The van der Waals surface area contributed by atoms with E-state index in [4.69, 9.17) is 4.98 Å². The van der Waals surface area contributed by atoms with Crippen LogP contribution in [0.25, 0.3) is 16.6 Å². The molecule has 1 amide bonds. The van der Waals surface area contributed by atoms with Gasteiger partial charge in [-0.15, -0.1) is 0 Å². The number of fused-ring (bicyclic) bond motifs is 1. The number of para-hydroxylation sites is 1. The second kappa shape index (κ2) is 8.99. The van der Waals surface area contributed by atoms with Gasteiger partial charge < -0.3 is 4.90 Å². The number of hydrogen-bond donors (Lipinski definition) is 0. The van der Waals surface area contributed by atoms with E-state index in [1.54, 1.807) is 35.2 Å². The highest BCUT2D eigenvalue weighted by Gasteiger charge is 2.25. The Morgan fingerprint density at radius 1 is 1.10 bits per heavy atom. The topological polar surface area (TPSA) is 55.2 Å². The summed E-state index contributed by atoms with van der Waals surface area (Å²) in [5.41, 5.74) is 0.872. The first kappa shape index (κ1) is 20.7. The van der Waals surface area contributed by atoms with Crippen molar-refractivity contribution < 1.29 is 9.18 Å². The third-order valence-corrected chi connectivity index (χ3v) is 4.98. The number of carbonyl (C=O) groups is 1. The second-order valence-electron chi connectivity index (χ2n) is 7.12. The minimum absolute atomic E-state index is 0.0370. The van der Waals surface area contributed by atoms with Crippen molar-refractivity contribution in [3.63, 3.8) is 0 Å². The zero-order valence-corrected chi connectivity index (χ0v) is 17.1. The van der Waals surface area contributed by atoms with Crippen LogP contribution >= 0.6 is 0 Å². The smallest absolute Gasteiger partial charge is 0.266 e. The summed E-state index contributed by atoms with van der Waals surface area (Å²) in [6.45, 7) is 6.45. The third-order valence-electron chi connectivity index (χ3n) is 4.98. The predicted molar refractivity (Wildman–Crippen MR) is 113 cm³/mol. The molecule has 0 aliphatic rings. The molecule has 0 aliphatic carbocycles. The first-order chi connectivity index (χ1) is 14.0. The molecule has 6 heteroatoms. The van der Waals surface area contributed by atoms with Crippen LogP contribution in [0.5, 0.6) is 0 Å². The highest BCUT2D eigenvalue weighted by atomic mass is 19.1. The standard InChI is InChI=1S/C23H26FN3O2/c1-4-8-21(28)26(15-5-2)16(3)22-25-20-10-7-6-9-19(20)23(29)27(22)18-13-11-17(24)12-14-18/h6-7,9-14,16H,4-5,8,15H2,1-3H3. The summed E-state index contributed by atoms with van der Waals surface area (Å²) in [6, 6.07) is 12.5. The molecule has 1 atom stereocenters. The molecule has 0 fully saturated rings. The van der Waals surface area contributed by atoms with Crippen molar-refractivity contribution in [2.45, 2.75) is 46.1 Å². The Kier molecular flexibility index (Phi) is 6.42. The number of benzene rings is 2. The number of rotatable bonds is 7. The van der Waals surface area contributed by atoms with E-state index in [-0.39, 0.29) is 17.3 Å². The quantitative estimate of drug-likeness (QED) is 0.586. The van der Waals surface area contributed by atoms with Crippen molar-refractivity contribution in [2.75, 3.05) is 6.54 Å². The van der Waals surface area contributed by atoms with Gasteiger partial charge in [0, 0.05) is 13.0 Å². The molecule has 152 valence electrons. The molecule has 5 nitrogen and oxygen atoms in total. The molecular formula is C23H26FN3O2. The average Bonchev–Trinajstić information content (AvgIpc) is 2.72. The van der Waals surface area contributed by atoms with Crippen molar-refractivity contribution in [3.05, 3.63) is 70.5 Å². The van der Waals surface area contributed by atoms with Gasteiger partial charge in [0.15, 0.2) is 0 Å². The van der Waals surface area contributed by atoms with Crippen molar-refractivity contribution in [2.24, 2.45) is 0 Å². The normalized spacial score (nSPS) is 12.1. The van der Waals surface area contributed by atoms with Gasteiger partial charge in [-0.1, -0.05) is 26.0 Å². The summed E-state index contributed by atoms with van der Waals surface area (Å²) in [5.74, 6) is 0.129. The molecule has 1 heterocycles. The van der Waals surface area contributed by atoms with Crippen LogP contribution in [-0.4, -0.2) is 26.9 Å². The number of amides is 1. The highest BCUT2D eigenvalue weighted by Crippen LogP contribution is 2.24. The molecule has 3 rings (SSSR count). The van der Waals surface area contributed by atoms with Crippen LogP contribution in [0.4, 0.5) is 4.39 Å². The number of aromatic nitrogens is 2. The van der Waals surface area contributed by atoms with Crippen LogP contribution in [0.2, 0.25) is 0 Å². The second-order valence-corrected chi connectivity index (χ2v) is 7.12. The Bertz CT molecular complexity index is 1060. The molecule has 1 unspecified atom stereocenters. The van der Waals surface area contributed by atoms with E-state index in [0.29, 0.717) is 35.4 Å². The van der Waals surface area contributed by atoms with Crippen molar-refractivity contribution in [3.8, 4) is 5.69 Å². The summed E-state index contributed by atoms with van der Waals surface area (Å²) < 4.78 is 15.0. The van der Waals surface area contributed by atoms with E-state index in [1.165, 1.54) is 16.7 Å². The highest BCUT2D eigenvalue weighted by molar-refractivity contribution is 5.79. The molecule has 0 saturated heterocycles. The van der Waals surface area contributed by atoms with Crippen molar-refractivity contribution in [1.29, 1.82) is 0 Å². The largest absolute Gasteiger partial charge is 0.333 e. The summed E-state index contributed by atoms with van der Waals surface area (Å²) >= 11 is 0. The lowest BCUT2D eigenvalue weighted by molar-refractivity contribution is -0.133. The van der Waals surface area contributed by atoms with Crippen LogP contribution in [0.3, 0.4) is 0 Å². The molecule has 0 aliphatic heterocycles. The molecule has 1 aromatic heterocycles. The van der Waals surface area contributed by atoms with E-state index in [0.717, 1.165) is 12.8 Å². The van der Waals surface area contributed by atoms with Gasteiger partial charge in [0.25, 0.3) is 5.56 Å². The van der Waals surface area contributed by atoms with Gasteiger partial charge in [0.2, 0.25) is 5.91 Å². The summed E-state index contributed by atoms with van der Waals surface area (Å²) in [7, 11) is 0. The van der Waals surface area contributed by atoms with Gasteiger partial charge in [-0.05, 0) is 56.2 Å².